The van der Waals surface area contributed by atoms with Crippen molar-refractivity contribution < 1.29 is 14.7 Å². The van der Waals surface area contributed by atoms with Gasteiger partial charge < -0.3 is 10.0 Å². The van der Waals surface area contributed by atoms with Gasteiger partial charge in [0, 0.05) is 13.1 Å². The SMILES string of the molecule is O=C(O)C1CCN(C(=O)C(c2ccccc2)C2CC2)C1. The lowest BCUT2D eigenvalue weighted by molar-refractivity contribution is -0.141. The molecule has 20 heavy (non-hydrogen) atoms. The highest BCUT2D eigenvalue weighted by Crippen LogP contribution is 2.44. The smallest absolute Gasteiger partial charge is 0.308 e. The summed E-state index contributed by atoms with van der Waals surface area (Å²) in [6, 6.07) is 9.88. The van der Waals surface area contributed by atoms with E-state index in [0.717, 1.165) is 18.4 Å². The van der Waals surface area contributed by atoms with Crippen LogP contribution in [0.15, 0.2) is 30.3 Å². The van der Waals surface area contributed by atoms with Crippen molar-refractivity contribution in [2.75, 3.05) is 13.1 Å². The Balaban J connectivity index is 1.76. The van der Waals surface area contributed by atoms with Crippen LogP contribution in [-0.2, 0) is 9.59 Å². The van der Waals surface area contributed by atoms with E-state index in [1.54, 1.807) is 4.90 Å². The van der Waals surface area contributed by atoms with Crippen molar-refractivity contribution in [3.05, 3.63) is 35.9 Å². The Morgan fingerprint density at radius 2 is 1.85 bits per heavy atom. The predicted molar refractivity (Wildman–Crippen MR) is 74.2 cm³/mol. The van der Waals surface area contributed by atoms with Crippen LogP contribution >= 0.6 is 0 Å². The fraction of sp³-hybridized carbons (Fsp3) is 0.500. The summed E-state index contributed by atoms with van der Waals surface area (Å²) in [7, 11) is 0. The molecule has 106 valence electrons. The third kappa shape index (κ3) is 2.55. The largest absolute Gasteiger partial charge is 0.481 e. The molecule has 1 saturated heterocycles. The lowest BCUT2D eigenvalue weighted by Crippen LogP contribution is -2.35. The summed E-state index contributed by atoms with van der Waals surface area (Å²) in [5.41, 5.74) is 1.07. The summed E-state index contributed by atoms with van der Waals surface area (Å²) in [5, 5.41) is 9.05. The number of benzene rings is 1. The Morgan fingerprint density at radius 1 is 1.15 bits per heavy atom. The van der Waals surface area contributed by atoms with Crippen molar-refractivity contribution >= 4 is 11.9 Å². The summed E-state index contributed by atoms with van der Waals surface area (Å²) < 4.78 is 0. The van der Waals surface area contributed by atoms with Crippen molar-refractivity contribution in [3.8, 4) is 0 Å². The number of carbonyl (C=O) groups is 2. The maximum atomic E-state index is 12.7. The highest BCUT2D eigenvalue weighted by atomic mass is 16.4. The van der Waals surface area contributed by atoms with Gasteiger partial charge in [-0.1, -0.05) is 30.3 Å². The fourth-order valence-electron chi connectivity index (χ4n) is 3.07. The summed E-state index contributed by atoms with van der Waals surface area (Å²) in [5.74, 6) is -0.711. The zero-order chi connectivity index (χ0) is 14.1. The molecule has 1 aliphatic heterocycles. The number of aliphatic carboxylic acids is 1. The molecule has 1 heterocycles. The molecule has 0 bridgehead atoms. The van der Waals surface area contributed by atoms with E-state index in [1.165, 1.54) is 0 Å². The maximum absolute atomic E-state index is 12.7. The first-order valence-electron chi connectivity index (χ1n) is 7.23. The molecule has 4 nitrogen and oxygen atoms in total. The number of rotatable bonds is 4. The van der Waals surface area contributed by atoms with Crippen LogP contribution in [0.25, 0.3) is 0 Å². The first-order valence-corrected chi connectivity index (χ1v) is 7.23. The van der Waals surface area contributed by atoms with Gasteiger partial charge in [-0.05, 0) is 30.7 Å². The lowest BCUT2D eigenvalue weighted by atomic mass is 9.93. The van der Waals surface area contributed by atoms with E-state index in [2.05, 4.69) is 0 Å². The van der Waals surface area contributed by atoms with Crippen molar-refractivity contribution in [2.24, 2.45) is 11.8 Å². The molecule has 1 aromatic carbocycles. The number of nitrogens with zero attached hydrogens (tertiary/aromatic N) is 1. The van der Waals surface area contributed by atoms with Crippen LogP contribution in [0.2, 0.25) is 0 Å². The van der Waals surface area contributed by atoms with Crippen LogP contribution in [0.3, 0.4) is 0 Å². The maximum Gasteiger partial charge on any atom is 0.308 e. The fourth-order valence-corrected chi connectivity index (χ4v) is 3.07. The molecule has 1 saturated carbocycles. The monoisotopic (exact) mass is 273 g/mol. The summed E-state index contributed by atoms with van der Waals surface area (Å²) in [6.45, 7) is 0.941. The average Bonchev–Trinajstić information content (AvgIpc) is 3.15. The van der Waals surface area contributed by atoms with Crippen molar-refractivity contribution in [1.29, 1.82) is 0 Å². The van der Waals surface area contributed by atoms with Crippen molar-refractivity contribution in [1.82, 2.24) is 4.90 Å². The van der Waals surface area contributed by atoms with E-state index in [0.29, 0.717) is 25.4 Å². The molecule has 3 rings (SSSR count). The summed E-state index contributed by atoms with van der Waals surface area (Å²) >= 11 is 0. The molecule has 1 aromatic rings. The summed E-state index contributed by atoms with van der Waals surface area (Å²) in [6.07, 6.45) is 2.77. The second-order valence-electron chi connectivity index (χ2n) is 5.83. The topological polar surface area (TPSA) is 57.6 Å². The Labute approximate surface area is 118 Å². The molecule has 2 unspecified atom stereocenters. The molecule has 0 spiro atoms. The van der Waals surface area contributed by atoms with Gasteiger partial charge in [0.1, 0.15) is 0 Å². The van der Waals surface area contributed by atoms with E-state index in [9.17, 15) is 9.59 Å². The van der Waals surface area contributed by atoms with E-state index < -0.39 is 11.9 Å². The van der Waals surface area contributed by atoms with Gasteiger partial charge in [0.15, 0.2) is 0 Å². The molecule has 1 N–H and O–H groups in total. The second kappa shape index (κ2) is 5.27. The Bertz CT molecular complexity index is 510. The van der Waals surface area contributed by atoms with Crippen LogP contribution < -0.4 is 0 Å². The van der Waals surface area contributed by atoms with Crippen LogP contribution in [-0.4, -0.2) is 35.0 Å². The number of hydrogen-bond acceptors (Lipinski definition) is 2. The number of likely N-dealkylation sites (tertiary alicyclic amines) is 1. The standard InChI is InChI=1S/C16H19NO3/c18-15(17-9-8-13(10-17)16(19)20)14(12-6-7-12)11-4-2-1-3-5-11/h1-5,12-14H,6-10H2,(H,19,20). The van der Waals surface area contributed by atoms with Gasteiger partial charge in [-0.25, -0.2) is 0 Å². The average molecular weight is 273 g/mol. The molecule has 0 radical (unpaired) electrons. The van der Waals surface area contributed by atoms with Gasteiger partial charge in [0.25, 0.3) is 0 Å². The molecule has 0 aromatic heterocycles. The Hall–Kier alpha value is -1.84. The van der Waals surface area contributed by atoms with Crippen LogP contribution in [0.1, 0.15) is 30.7 Å². The summed E-state index contributed by atoms with van der Waals surface area (Å²) in [4.78, 5) is 25.5. The minimum Gasteiger partial charge on any atom is -0.481 e. The van der Waals surface area contributed by atoms with Gasteiger partial charge >= 0.3 is 5.97 Å². The third-order valence-corrected chi connectivity index (χ3v) is 4.37. The first-order chi connectivity index (χ1) is 9.66. The van der Waals surface area contributed by atoms with Gasteiger partial charge in [-0.3, -0.25) is 9.59 Å². The van der Waals surface area contributed by atoms with Crippen molar-refractivity contribution in [2.45, 2.75) is 25.2 Å². The predicted octanol–water partition coefficient (Wildman–Crippen LogP) is 2.11. The molecular weight excluding hydrogens is 254 g/mol. The van der Waals surface area contributed by atoms with E-state index in [1.807, 2.05) is 30.3 Å². The van der Waals surface area contributed by atoms with Crippen LogP contribution in [0, 0.1) is 11.8 Å². The number of carboxylic acid groups (broad SMARTS) is 1. The minimum atomic E-state index is -0.789. The van der Waals surface area contributed by atoms with Gasteiger partial charge in [0.2, 0.25) is 5.91 Å². The molecule has 1 aliphatic carbocycles. The number of carbonyl (C=O) groups excluding carboxylic acids is 1. The minimum absolute atomic E-state index is 0.0799. The van der Waals surface area contributed by atoms with E-state index in [4.69, 9.17) is 5.11 Å². The Morgan fingerprint density at radius 3 is 2.40 bits per heavy atom. The molecular formula is C16H19NO3. The van der Waals surface area contributed by atoms with Gasteiger partial charge in [-0.2, -0.15) is 0 Å². The molecule has 2 fully saturated rings. The van der Waals surface area contributed by atoms with Crippen LogP contribution in [0.4, 0.5) is 0 Å². The molecule has 1 amide bonds. The third-order valence-electron chi connectivity index (χ3n) is 4.37. The zero-order valence-electron chi connectivity index (χ0n) is 11.4. The van der Waals surface area contributed by atoms with Gasteiger partial charge in [-0.15, -0.1) is 0 Å². The number of amides is 1. The quantitative estimate of drug-likeness (QED) is 0.914. The van der Waals surface area contributed by atoms with E-state index >= 15 is 0 Å². The second-order valence-corrected chi connectivity index (χ2v) is 5.83. The molecule has 4 heteroatoms. The first kappa shape index (κ1) is 13.2. The van der Waals surface area contributed by atoms with Crippen LogP contribution in [0.5, 0.6) is 0 Å². The number of hydrogen-bond donors (Lipinski definition) is 1. The molecule has 2 atom stereocenters. The normalized spacial score (nSPS) is 23.6. The molecule has 2 aliphatic rings. The highest BCUT2D eigenvalue weighted by molar-refractivity contribution is 5.85. The number of carboxylic acids is 1. The lowest BCUT2D eigenvalue weighted by Gasteiger charge is -2.23. The van der Waals surface area contributed by atoms with E-state index in [-0.39, 0.29) is 11.8 Å². The Kier molecular flexibility index (Phi) is 3.47. The van der Waals surface area contributed by atoms with Gasteiger partial charge in [0.05, 0.1) is 11.8 Å². The highest BCUT2D eigenvalue weighted by Gasteiger charge is 2.41. The zero-order valence-corrected chi connectivity index (χ0v) is 11.4. The van der Waals surface area contributed by atoms with Crippen molar-refractivity contribution in [3.63, 3.8) is 0 Å².